The number of hydrogen-bond donors (Lipinski definition) is 0. The van der Waals surface area contributed by atoms with Crippen LogP contribution in [0.1, 0.15) is 11.1 Å². The third kappa shape index (κ3) is 5.60. The molecule has 3 aromatic rings. The molecular formula is C26H28ClN3O3S. The Hall–Kier alpha value is -2.87. The Kier molecular flexibility index (Phi) is 7.56. The Morgan fingerprint density at radius 3 is 2.15 bits per heavy atom. The number of carbonyl (C=O) groups excluding carboxylic acids is 1. The van der Waals surface area contributed by atoms with Crippen LogP contribution >= 0.6 is 11.6 Å². The molecule has 34 heavy (non-hydrogen) atoms. The van der Waals surface area contributed by atoms with Gasteiger partial charge in [0.15, 0.2) is 0 Å². The number of aryl methyl sites for hydroxylation is 1. The second kappa shape index (κ2) is 10.6. The summed E-state index contributed by atoms with van der Waals surface area (Å²) >= 11 is 5.96. The second-order valence-corrected chi connectivity index (χ2v) is 10.7. The molecule has 0 spiro atoms. The molecule has 0 unspecified atom stereocenters. The van der Waals surface area contributed by atoms with Gasteiger partial charge in [-0.05, 0) is 54.4 Å². The predicted molar refractivity (Wildman–Crippen MR) is 135 cm³/mol. The number of nitrogens with zero attached hydrogens (tertiary/aromatic N) is 3. The van der Waals surface area contributed by atoms with E-state index in [2.05, 4.69) is 17.0 Å². The summed E-state index contributed by atoms with van der Waals surface area (Å²) in [5, 5.41) is 0.455. The van der Waals surface area contributed by atoms with Gasteiger partial charge in [0.25, 0.3) is 0 Å². The first-order valence-corrected chi connectivity index (χ1v) is 13.0. The minimum Gasteiger partial charge on any atom is -0.368 e. The molecule has 4 rings (SSSR count). The molecule has 1 amide bonds. The molecule has 0 N–H and O–H groups in total. The van der Waals surface area contributed by atoms with E-state index < -0.39 is 10.0 Å². The molecule has 0 aromatic heterocycles. The molecule has 0 atom stereocenters. The Balaban J connectivity index is 1.52. The maximum Gasteiger partial charge on any atom is 0.243 e. The lowest BCUT2D eigenvalue weighted by molar-refractivity contribution is -0.131. The Bertz CT molecular complexity index is 1230. The van der Waals surface area contributed by atoms with Crippen LogP contribution in [0.5, 0.6) is 0 Å². The first-order chi connectivity index (χ1) is 16.3. The van der Waals surface area contributed by atoms with Crippen LogP contribution in [0.15, 0.2) is 83.8 Å². The number of piperazine rings is 1. The lowest BCUT2D eigenvalue weighted by Crippen LogP contribution is -2.51. The van der Waals surface area contributed by atoms with Crippen LogP contribution in [-0.2, 0) is 21.4 Å². The summed E-state index contributed by atoms with van der Waals surface area (Å²) in [5.41, 5.74) is 2.96. The van der Waals surface area contributed by atoms with Gasteiger partial charge in [-0.15, -0.1) is 0 Å². The fraction of sp³-hybridized carbons (Fsp3) is 0.269. The number of hydrogen-bond acceptors (Lipinski definition) is 4. The van der Waals surface area contributed by atoms with Crippen molar-refractivity contribution in [1.82, 2.24) is 9.21 Å². The average molecular weight is 498 g/mol. The van der Waals surface area contributed by atoms with Crippen molar-refractivity contribution in [2.45, 2.75) is 18.4 Å². The number of halogens is 1. The van der Waals surface area contributed by atoms with Crippen LogP contribution in [-0.4, -0.2) is 56.3 Å². The molecule has 1 aliphatic rings. The van der Waals surface area contributed by atoms with E-state index in [1.807, 2.05) is 49.4 Å². The lowest BCUT2D eigenvalue weighted by Gasteiger charge is -2.37. The number of benzene rings is 3. The maximum atomic E-state index is 13.5. The summed E-state index contributed by atoms with van der Waals surface area (Å²) < 4.78 is 28.3. The first kappa shape index (κ1) is 24.3. The van der Waals surface area contributed by atoms with Crippen LogP contribution in [0.4, 0.5) is 5.69 Å². The van der Waals surface area contributed by atoms with Crippen molar-refractivity contribution in [3.63, 3.8) is 0 Å². The van der Waals surface area contributed by atoms with Crippen molar-refractivity contribution >= 4 is 33.2 Å². The van der Waals surface area contributed by atoms with E-state index in [1.165, 1.54) is 16.4 Å². The van der Waals surface area contributed by atoms with E-state index >= 15 is 0 Å². The smallest absolute Gasteiger partial charge is 0.243 e. The quantitative estimate of drug-likeness (QED) is 0.491. The molecule has 3 aromatic carbocycles. The molecule has 1 saturated heterocycles. The van der Waals surface area contributed by atoms with Gasteiger partial charge in [0, 0.05) is 43.4 Å². The summed E-state index contributed by atoms with van der Waals surface area (Å²) in [6, 6.07) is 23.8. The molecule has 6 nitrogen and oxygen atoms in total. The van der Waals surface area contributed by atoms with Crippen LogP contribution in [0.2, 0.25) is 5.02 Å². The van der Waals surface area contributed by atoms with Crippen molar-refractivity contribution in [1.29, 1.82) is 0 Å². The van der Waals surface area contributed by atoms with Gasteiger partial charge in [-0.1, -0.05) is 54.1 Å². The second-order valence-electron chi connectivity index (χ2n) is 8.36. The third-order valence-corrected chi connectivity index (χ3v) is 8.18. The van der Waals surface area contributed by atoms with Crippen LogP contribution in [0.25, 0.3) is 0 Å². The number of carbonyl (C=O) groups is 1. The fourth-order valence-corrected chi connectivity index (χ4v) is 5.56. The van der Waals surface area contributed by atoms with Crippen LogP contribution in [0, 0.1) is 6.92 Å². The highest BCUT2D eigenvalue weighted by atomic mass is 35.5. The van der Waals surface area contributed by atoms with Gasteiger partial charge in [0.05, 0.1) is 11.4 Å². The Labute approximate surface area is 206 Å². The van der Waals surface area contributed by atoms with Crippen LogP contribution < -0.4 is 4.90 Å². The normalized spacial score (nSPS) is 14.4. The van der Waals surface area contributed by atoms with Crippen LogP contribution in [0.3, 0.4) is 0 Å². The first-order valence-electron chi connectivity index (χ1n) is 11.2. The number of amides is 1. The highest BCUT2D eigenvalue weighted by Crippen LogP contribution is 2.22. The number of para-hydroxylation sites is 1. The molecule has 178 valence electrons. The highest BCUT2D eigenvalue weighted by molar-refractivity contribution is 7.89. The summed E-state index contributed by atoms with van der Waals surface area (Å²) in [6.45, 7) is 4.35. The molecule has 1 aliphatic heterocycles. The zero-order valence-electron chi connectivity index (χ0n) is 19.1. The van der Waals surface area contributed by atoms with E-state index in [0.29, 0.717) is 31.2 Å². The van der Waals surface area contributed by atoms with Gasteiger partial charge >= 0.3 is 0 Å². The van der Waals surface area contributed by atoms with Crippen molar-refractivity contribution in [3.05, 3.63) is 95.0 Å². The van der Waals surface area contributed by atoms with Gasteiger partial charge in [0.1, 0.15) is 0 Å². The lowest BCUT2D eigenvalue weighted by atomic mass is 10.1. The predicted octanol–water partition coefficient (Wildman–Crippen LogP) is 4.19. The molecule has 0 aliphatic carbocycles. The van der Waals surface area contributed by atoms with Crippen molar-refractivity contribution in [2.75, 3.05) is 37.6 Å². The Morgan fingerprint density at radius 2 is 1.50 bits per heavy atom. The molecule has 1 fully saturated rings. The monoisotopic (exact) mass is 497 g/mol. The maximum absolute atomic E-state index is 13.5. The molecule has 1 heterocycles. The number of rotatable bonds is 7. The summed E-state index contributed by atoms with van der Waals surface area (Å²) in [4.78, 5) is 17.3. The summed E-state index contributed by atoms with van der Waals surface area (Å²) in [6.07, 6.45) is 0. The van der Waals surface area contributed by atoms with E-state index in [9.17, 15) is 13.2 Å². The van der Waals surface area contributed by atoms with Gasteiger partial charge in [-0.3, -0.25) is 4.79 Å². The molecular weight excluding hydrogens is 470 g/mol. The standard InChI is InChI=1S/C26H28ClN3O3S/c1-21-7-5-6-8-22(21)19-30(34(32,33)25-13-11-23(27)12-14-25)20-26(31)29-17-15-28(16-18-29)24-9-3-2-4-10-24/h2-14H,15-20H2,1H3. The molecule has 0 radical (unpaired) electrons. The van der Waals surface area contributed by atoms with Gasteiger partial charge < -0.3 is 9.80 Å². The largest absolute Gasteiger partial charge is 0.368 e. The summed E-state index contributed by atoms with van der Waals surface area (Å²) in [7, 11) is -3.90. The van der Waals surface area contributed by atoms with Crippen molar-refractivity contribution < 1.29 is 13.2 Å². The molecule has 8 heteroatoms. The Morgan fingerprint density at radius 1 is 0.882 bits per heavy atom. The number of sulfonamides is 1. The summed E-state index contributed by atoms with van der Waals surface area (Å²) in [5.74, 6) is -0.196. The highest BCUT2D eigenvalue weighted by Gasteiger charge is 2.30. The molecule has 0 bridgehead atoms. The van der Waals surface area contributed by atoms with Crippen molar-refractivity contribution in [2.24, 2.45) is 0 Å². The van der Waals surface area contributed by atoms with E-state index in [1.54, 1.807) is 17.0 Å². The third-order valence-electron chi connectivity index (χ3n) is 6.12. The van der Waals surface area contributed by atoms with Crippen molar-refractivity contribution in [3.8, 4) is 0 Å². The van der Waals surface area contributed by atoms with Gasteiger partial charge in [0.2, 0.25) is 15.9 Å². The topological polar surface area (TPSA) is 60.9 Å². The minimum atomic E-state index is -3.90. The minimum absolute atomic E-state index is 0.118. The zero-order valence-corrected chi connectivity index (χ0v) is 20.7. The SMILES string of the molecule is Cc1ccccc1CN(CC(=O)N1CCN(c2ccccc2)CC1)S(=O)(=O)c1ccc(Cl)cc1. The van der Waals surface area contributed by atoms with Gasteiger partial charge in [-0.2, -0.15) is 4.31 Å². The van der Waals surface area contributed by atoms with E-state index in [-0.39, 0.29) is 23.9 Å². The average Bonchev–Trinajstić information content (AvgIpc) is 2.85. The number of anilines is 1. The molecule has 0 saturated carbocycles. The van der Waals surface area contributed by atoms with E-state index in [0.717, 1.165) is 16.8 Å². The van der Waals surface area contributed by atoms with Gasteiger partial charge in [-0.25, -0.2) is 8.42 Å². The fourth-order valence-electron chi connectivity index (χ4n) is 4.06. The zero-order chi connectivity index (χ0) is 24.1. The van der Waals surface area contributed by atoms with E-state index in [4.69, 9.17) is 11.6 Å².